The molecule has 1 aromatic carbocycles. The summed E-state index contributed by atoms with van der Waals surface area (Å²) in [5, 5.41) is 6.49. The number of carbonyl (C=O) groups is 1. The molecule has 20 heavy (non-hydrogen) atoms. The van der Waals surface area contributed by atoms with Gasteiger partial charge in [-0.15, -0.1) is 0 Å². The highest BCUT2D eigenvalue weighted by molar-refractivity contribution is 5.78. The van der Waals surface area contributed by atoms with Gasteiger partial charge < -0.3 is 10.6 Å². The second-order valence-electron chi connectivity index (χ2n) is 5.97. The van der Waals surface area contributed by atoms with Crippen molar-refractivity contribution in [3.63, 3.8) is 0 Å². The first kappa shape index (κ1) is 15.0. The summed E-state index contributed by atoms with van der Waals surface area (Å²) in [6.07, 6.45) is 2.92. The van der Waals surface area contributed by atoms with Crippen molar-refractivity contribution in [3.8, 4) is 0 Å². The normalized spacial score (nSPS) is 24.1. The summed E-state index contributed by atoms with van der Waals surface area (Å²) >= 11 is 0. The Balaban J connectivity index is 1.71. The van der Waals surface area contributed by atoms with Gasteiger partial charge in [-0.3, -0.25) is 4.79 Å². The molecule has 0 spiro atoms. The van der Waals surface area contributed by atoms with E-state index in [-0.39, 0.29) is 11.8 Å². The fourth-order valence-corrected chi connectivity index (χ4v) is 2.87. The Morgan fingerprint density at radius 3 is 2.85 bits per heavy atom. The molecule has 3 heteroatoms. The fourth-order valence-electron chi connectivity index (χ4n) is 2.87. The third-order valence-corrected chi connectivity index (χ3v) is 4.24. The first-order valence-corrected chi connectivity index (χ1v) is 7.73. The number of piperidine rings is 1. The molecule has 0 aliphatic carbocycles. The Labute approximate surface area is 122 Å². The van der Waals surface area contributed by atoms with Crippen LogP contribution in [0.2, 0.25) is 0 Å². The molecule has 0 bridgehead atoms. The summed E-state index contributed by atoms with van der Waals surface area (Å²) in [7, 11) is 0. The first-order valence-electron chi connectivity index (χ1n) is 7.73. The van der Waals surface area contributed by atoms with Gasteiger partial charge in [-0.05, 0) is 44.2 Å². The zero-order valence-electron chi connectivity index (χ0n) is 12.6. The lowest BCUT2D eigenvalue weighted by Gasteiger charge is -2.27. The minimum Gasteiger partial charge on any atom is -0.356 e. The van der Waals surface area contributed by atoms with Crippen LogP contribution >= 0.6 is 0 Å². The SMILES string of the molecule is CC1CC(C(=O)NCCC(C)c2ccccc2)CCN1. The zero-order chi connectivity index (χ0) is 14.4. The highest BCUT2D eigenvalue weighted by Crippen LogP contribution is 2.19. The largest absolute Gasteiger partial charge is 0.356 e. The Hall–Kier alpha value is -1.35. The molecule has 1 aliphatic rings. The van der Waals surface area contributed by atoms with Crippen molar-refractivity contribution >= 4 is 5.91 Å². The summed E-state index contributed by atoms with van der Waals surface area (Å²) in [5.41, 5.74) is 1.34. The van der Waals surface area contributed by atoms with Crippen LogP contribution in [-0.4, -0.2) is 25.0 Å². The van der Waals surface area contributed by atoms with Gasteiger partial charge in [0.05, 0.1) is 0 Å². The molecule has 1 saturated heterocycles. The molecule has 3 nitrogen and oxygen atoms in total. The fraction of sp³-hybridized carbons (Fsp3) is 0.588. The van der Waals surface area contributed by atoms with Gasteiger partial charge in [0.1, 0.15) is 0 Å². The Kier molecular flexibility index (Phi) is 5.60. The monoisotopic (exact) mass is 274 g/mol. The van der Waals surface area contributed by atoms with Gasteiger partial charge >= 0.3 is 0 Å². The maximum absolute atomic E-state index is 12.1. The predicted octanol–water partition coefficient (Wildman–Crippen LogP) is 2.68. The van der Waals surface area contributed by atoms with Crippen molar-refractivity contribution in [1.29, 1.82) is 0 Å². The van der Waals surface area contributed by atoms with E-state index in [1.165, 1.54) is 5.56 Å². The number of amides is 1. The quantitative estimate of drug-likeness (QED) is 0.867. The van der Waals surface area contributed by atoms with Crippen LogP contribution in [0.1, 0.15) is 44.6 Å². The summed E-state index contributed by atoms with van der Waals surface area (Å²) in [4.78, 5) is 12.1. The number of hydrogen-bond donors (Lipinski definition) is 2. The molecule has 3 atom stereocenters. The van der Waals surface area contributed by atoms with E-state index < -0.39 is 0 Å². The van der Waals surface area contributed by atoms with Gasteiger partial charge in [0, 0.05) is 18.5 Å². The number of rotatable bonds is 5. The summed E-state index contributed by atoms with van der Waals surface area (Å²) in [5.74, 6) is 0.917. The maximum Gasteiger partial charge on any atom is 0.223 e. The Bertz CT molecular complexity index is 418. The molecule has 1 aromatic rings. The molecule has 0 radical (unpaired) electrons. The summed E-state index contributed by atoms with van der Waals surface area (Å²) in [6.45, 7) is 6.10. The van der Waals surface area contributed by atoms with E-state index in [0.29, 0.717) is 12.0 Å². The van der Waals surface area contributed by atoms with Crippen LogP contribution in [0, 0.1) is 5.92 Å². The minimum absolute atomic E-state index is 0.193. The molecule has 0 saturated carbocycles. The van der Waals surface area contributed by atoms with E-state index >= 15 is 0 Å². The molecule has 0 aromatic heterocycles. The lowest BCUT2D eigenvalue weighted by Crippen LogP contribution is -2.42. The van der Waals surface area contributed by atoms with Crippen molar-refractivity contribution < 1.29 is 4.79 Å². The Morgan fingerprint density at radius 2 is 2.15 bits per heavy atom. The van der Waals surface area contributed by atoms with E-state index in [1.807, 2.05) is 6.07 Å². The van der Waals surface area contributed by atoms with Crippen molar-refractivity contribution in [2.75, 3.05) is 13.1 Å². The molecule has 2 rings (SSSR count). The van der Waals surface area contributed by atoms with E-state index in [0.717, 1.165) is 32.4 Å². The molecule has 1 fully saturated rings. The predicted molar refractivity (Wildman–Crippen MR) is 82.7 cm³/mol. The van der Waals surface area contributed by atoms with Crippen molar-refractivity contribution in [1.82, 2.24) is 10.6 Å². The van der Waals surface area contributed by atoms with Crippen LogP contribution in [-0.2, 0) is 4.79 Å². The number of benzene rings is 1. The van der Waals surface area contributed by atoms with Crippen LogP contribution in [0.15, 0.2) is 30.3 Å². The molecule has 110 valence electrons. The minimum atomic E-state index is 0.193. The van der Waals surface area contributed by atoms with E-state index in [4.69, 9.17) is 0 Å². The van der Waals surface area contributed by atoms with Crippen LogP contribution in [0.3, 0.4) is 0 Å². The number of hydrogen-bond acceptors (Lipinski definition) is 2. The molecule has 1 amide bonds. The van der Waals surface area contributed by atoms with Crippen LogP contribution in [0.5, 0.6) is 0 Å². The zero-order valence-corrected chi connectivity index (χ0v) is 12.6. The smallest absolute Gasteiger partial charge is 0.223 e. The number of carbonyl (C=O) groups excluding carboxylic acids is 1. The van der Waals surface area contributed by atoms with E-state index in [1.54, 1.807) is 0 Å². The van der Waals surface area contributed by atoms with Gasteiger partial charge in [-0.1, -0.05) is 37.3 Å². The highest BCUT2D eigenvalue weighted by atomic mass is 16.1. The summed E-state index contributed by atoms with van der Waals surface area (Å²) < 4.78 is 0. The average Bonchev–Trinajstić information content (AvgIpc) is 2.48. The van der Waals surface area contributed by atoms with Crippen LogP contribution < -0.4 is 10.6 Å². The van der Waals surface area contributed by atoms with Crippen LogP contribution in [0.4, 0.5) is 0 Å². The van der Waals surface area contributed by atoms with Gasteiger partial charge in [-0.2, -0.15) is 0 Å². The first-order chi connectivity index (χ1) is 9.66. The van der Waals surface area contributed by atoms with E-state index in [9.17, 15) is 4.79 Å². The standard InChI is InChI=1S/C17H26N2O/c1-13(15-6-4-3-5-7-15)8-10-19-17(20)16-9-11-18-14(2)12-16/h3-7,13-14,16,18H,8-12H2,1-2H3,(H,19,20). The Morgan fingerprint density at radius 1 is 1.40 bits per heavy atom. The van der Waals surface area contributed by atoms with E-state index in [2.05, 4.69) is 48.7 Å². The topological polar surface area (TPSA) is 41.1 Å². The van der Waals surface area contributed by atoms with Gasteiger partial charge in [-0.25, -0.2) is 0 Å². The molecule has 3 unspecified atom stereocenters. The van der Waals surface area contributed by atoms with Crippen LogP contribution in [0.25, 0.3) is 0 Å². The number of nitrogens with one attached hydrogen (secondary N) is 2. The second-order valence-corrected chi connectivity index (χ2v) is 5.97. The average molecular weight is 274 g/mol. The van der Waals surface area contributed by atoms with Crippen molar-refractivity contribution in [2.24, 2.45) is 5.92 Å². The summed E-state index contributed by atoms with van der Waals surface area (Å²) in [6, 6.07) is 10.9. The van der Waals surface area contributed by atoms with Crippen molar-refractivity contribution in [2.45, 2.75) is 45.1 Å². The van der Waals surface area contributed by atoms with Gasteiger partial charge in [0.15, 0.2) is 0 Å². The third kappa shape index (κ3) is 4.34. The molecule has 2 N–H and O–H groups in total. The molecular weight excluding hydrogens is 248 g/mol. The molecule has 1 aliphatic heterocycles. The second kappa shape index (κ2) is 7.44. The lowest BCUT2D eigenvalue weighted by molar-refractivity contribution is -0.126. The molecule has 1 heterocycles. The maximum atomic E-state index is 12.1. The third-order valence-electron chi connectivity index (χ3n) is 4.24. The lowest BCUT2D eigenvalue weighted by atomic mass is 9.92. The van der Waals surface area contributed by atoms with Gasteiger partial charge in [0.2, 0.25) is 5.91 Å². The molecular formula is C17H26N2O. The van der Waals surface area contributed by atoms with Gasteiger partial charge in [0.25, 0.3) is 0 Å². The van der Waals surface area contributed by atoms with Crippen molar-refractivity contribution in [3.05, 3.63) is 35.9 Å². The highest BCUT2D eigenvalue weighted by Gasteiger charge is 2.24.